The van der Waals surface area contributed by atoms with Crippen molar-refractivity contribution in [1.82, 2.24) is 14.3 Å². The molecule has 0 spiro atoms. The van der Waals surface area contributed by atoms with Gasteiger partial charge in [0.1, 0.15) is 16.5 Å². The van der Waals surface area contributed by atoms with Gasteiger partial charge in [-0.3, -0.25) is 4.98 Å². The van der Waals surface area contributed by atoms with Gasteiger partial charge in [-0.05, 0) is 36.8 Å². The number of aryl methyl sites for hydroxylation is 1. The molecule has 1 saturated heterocycles. The van der Waals surface area contributed by atoms with E-state index < -0.39 is 10.0 Å². The third-order valence-corrected chi connectivity index (χ3v) is 6.86. The number of para-hydroxylation sites is 2. The third-order valence-electron chi connectivity index (χ3n) is 4.94. The summed E-state index contributed by atoms with van der Waals surface area (Å²) in [5, 5.41) is 0. The molecule has 8 heteroatoms. The quantitative estimate of drug-likeness (QED) is 0.672. The lowest BCUT2D eigenvalue weighted by molar-refractivity contribution is 0.373. The summed E-state index contributed by atoms with van der Waals surface area (Å²) in [4.78, 5) is 11.4. The lowest BCUT2D eigenvalue weighted by atomic mass is 10.2. The first-order valence-electron chi connectivity index (χ1n) is 9.10. The van der Waals surface area contributed by atoms with E-state index in [4.69, 9.17) is 4.74 Å². The molecule has 7 nitrogen and oxygen atoms in total. The number of hydrogen-bond donors (Lipinski definition) is 0. The van der Waals surface area contributed by atoms with Crippen molar-refractivity contribution in [2.45, 2.75) is 11.8 Å². The van der Waals surface area contributed by atoms with Crippen molar-refractivity contribution in [3.63, 3.8) is 0 Å². The van der Waals surface area contributed by atoms with E-state index in [0.29, 0.717) is 31.9 Å². The highest BCUT2D eigenvalue weighted by Gasteiger charge is 2.31. The predicted octanol–water partition coefficient (Wildman–Crippen LogP) is 2.46. The molecule has 0 saturated carbocycles. The van der Waals surface area contributed by atoms with Gasteiger partial charge in [-0.25, -0.2) is 13.4 Å². The van der Waals surface area contributed by atoms with E-state index in [9.17, 15) is 8.42 Å². The van der Waals surface area contributed by atoms with Crippen LogP contribution in [0.5, 0.6) is 5.75 Å². The Labute approximate surface area is 164 Å². The van der Waals surface area contributed by atoms with Crippen molar-refractivity contribution >= 4 is 26.9 Å². The van der Waals surface area contributed by atoms with Crippen molar-refractivity contribution in [1.29, 1.82) is 0 Å². The molecule has 28 heavy (non-hydrogen) atoms. The fourth-order valence-corrected chi connectivity index (χ4v) is 5.04. The standard InChI is InChI=1S/C20H22N4O3S/c1-15-7-8-18(27-2)19(13-15)28(25,26)24-11-9-23(10-12-24)20-14-21-16-5-3-4-6-17(16)22-20/h3-8,13-14H,9-12H2,1-2H3. The van der Waals surface area contributed by atoms with Crippen LogP contribution in [-0.2, 0) is 10.0 Å². The molecule has 0 bridgehead atoms. The van der Waals surface area contributed by atoms with E-state index in [1.165, 1.54) is 11.4 Å². The minimum atomic E-state index is -3.62. The summed E-state index contributed by atoms with van der Waals surface area (Å²) < 4.78 is 33.1. The Morgan fingerprint density at radius 2 is 1.71 bits per heavy atom. The number of methoxy groups -OCH3 is 1. The van der Waals surface area contributed by atoms with Crippen LogP contribution in [0.3, 0.4) is 0 Å². The topological polar surface area (TPSA) is 75.6 Å². The Morgan fingerprint density at radius 3 is 2.43 bits per heavy atom. The molecule has 1 aromatic heterocycles. The van der Waals surface area contributed by atoms with Crippen molar-refractivity contribution in [3.8, 4) is 5.75 Å². The Bertz CT molecular complexity index is 1110. The maximum absolute atomic E-state index is 13.1. The molecule has 1 aliphatic rings. The molecule has 0 radical (unpaired) electrons. The maximum Gasteiger partial charge on any atom is 0.246 e. The Balaban J connectivity index is 1.54. The number of sulfonamides is 1. The average Bonchev–Trinajstić information content (AvgIpc) is 2.73. The largest absolute Gasteiger partial charge is 0.495 e. The number of nitrogens with zero attached hydrogens (tertiary/aromatic N) is 4. The van der Waals surface area contributed by atoms with Crippen LogP contribution in [0, 0.1) is 6.92 Å². The number of hydrogen-bond acceptors (Lipinski definition) is 6. The minimum absolute atomic E-state index is 0.217. The van der Waals surface area contributed by atoms with E-state index in [-0.39, 0.29) is 4.90 Å². The zero-order valence-electron chi connectivity index (χ0n) is 15.9. The molecule has 0 N–H and O–H groups in total. The summed E-state index contributed by atoms with van der Waals surface area (Å²) in [6, 6.07) is 12.9. The SMILES string of the molecule is COc1ccc(C)cc1S(=O)(=O)N1CCN(c2cnc3ccccc3n2)CC1. The smallest absolute Gasteiger partial charge is 0.246 e. The zero-order chi connectivity index (χ0) is 19.7. The van der Waals surface area contributed by atoms with Gasteiger partial charge in [0.15, 0.2) is 0 Å². The summed E-state index contributed by atoms with van der Waals surface area (Å²) in [7, 11) is -2.14. The molecule has 3 aromatic rings. The highest BCUT2D eigenvalue weighted by Crippen LogP contribution is 2.29. The minimum Gasteiger partial charge on any atom is -0.495 e. The van der Waals surface area contributed by atoms with E-state index >= 15 is 0 Å². The molecule has 0 amide bonds. The van der Waals surface area contributed by atoms with Crippen LogP contribution in [0.4, 0.5) is 5.82 Å². The van der Waals surface area contributed by atoms with E-state index in [0.717, 1.165) is 22.4 Å². The number of piperazine rings is 1. The Kier molecular flexibility index (Phi) is 4.91. The number of anilines is 1. The molecular formula is C20H22N4O3S. The lowest BCUT2D eigenvalue weighted by Gasteiger charge is -2.34. The summed E-state index contributed by atoms with van der Waals surface area (Å²) in [6.07, 6.45) is 1.75. The zero-order valence-corrected chi connectivity index (χ0v) is 16.7. The first kappa shape index (κ1) is 18.6. The van der Waals surface area contributed by atoms with Gasteiger partial charge in [0.2, 0.25) is 10.0 Å². The molecule has 0 atom stereocenters. The molecule has 4 rings (SSSR count). The van der Waals surface area contributed by atoms with Crippen molar-refractivity contribution in [2.75, 3.05) is 38.2 Å². The lowest BCUT2D eigenvalue weighted by Crippen LogP contribution is -2.49. The second-order valence-corrected chi connectivity index (χ2v) is 8.67. The van der Waals surface area contributed by atoms with Crippen molar-refractivity contribution in [2.24, 2.45) is 0 Å². The number of aromatic nitrogens is 2. The van der Waals surface area contributed by atoms with Gasteiger partial charge in [0.05, 0.1) is 24.3 Å². The fraction of sp³-hybridized carbons (Fsp3) is 0.300. The molecule has 1 fully saturated rings. The van der Waals surface area contributed by atoms with Crippen LogP contribution in [0.2, 0.25) is 0 Å². The van der Waals surface area contributed by atoms with Crippen LogP contribution in [0.15, 0.2) is 53.6 Å². The van der Waals surface area contributed by atoms with Crippen LogP contribution in [0.25, 0.3) is 11.0 Å². The van der Waals surface area contributed by atoms with Crippen molar-refractivity contribution in [3.05, 3.63) is 54.2 Å². The predicted molar refractivity (Wildman–Crippen MR) is 108 cm³/mol. The molecular weight excluding hydrogens is 376 g/mol. The van der Waals surface area contributed by atoms with Crippen LogP contribution in [0.1, 0.15) is 5.56 Å². The highest BCUT2D eigenvalue weighted by molar-refractivity contribution is 7.89. The number of benzene rings is 2. The molecule has 0 unspecified atom stereocenters. The van der Waals surface area contributed by atoms with Gasteiger partial charge in [-0.2, -0.15) is 4.31 Å². The third kappa shape index (κ3) is 3.41. The average molecular weight is 398 g/mol. The van der Waals surface area contributed by atoms with Gasteiger partial charge in [0.25, 0.3) is 0 Å². The van der Waals surface area contributed by atoms with Gasteiger partial charge in [-0.1, -0.05) is 18.2 Å². The normalized spacial score (nSPS) is 15.7. The van der Waals surface area contributed by atoms with Crippen LogP contribution >= 0.6 is 0 Å². The molecule has 1 aliphatic heterocycles. The monoisotopic (exact) mass is 398 g/mol. The van der Waals surface area contributed by atoms with Gasteiger partial charge in [0, 0.05) is 26.2 Å². The van der Waals surface area contributed by atoms with E-state index in [2.05, 4.69) is 14.9 Å². The second-order valence-electron chi connectivity index (χ2n) is 6.76. The second kappa shape index (κ2) is 7.37. The summed E-state index contributed by atoms with van der Waals surface area (Å²) in [6.45, 7) is 3.75. The summed E-state index contributed by atoms with van der Waals surface area (Å²) in [5.74, 6) is 1.14. The molecule has 146 valence electrons. The first-order chi connectivity index (χ1) is 13.5. The van der Waals surface area contributed by atoms with Gasteiger partial charge in [-0.15, -0.1) is 0 Å². The van der Waals surface area contributed by atoms with E-state index in [1.54, 1.807) is 18.3 Å². The van der Waals surface area contributed by atoms with Crippen LogP contribution < -0.4 is 9.64 Å². The number of fused-ring (bicyclic) bond motifs is 1. The van der Waals surface area contributed by atoms with Crippen LogP contribution in [-0.4, -0.2) is 56.0 Å². The summed E-state index contributed by atoms with van der Waals surface area (Å²) in [5.41, 5.74) is 2.56. The molecule has 2 heterocycles. The Morgan fingerprint density at radius 1 is 1.00 bits per heavy atom. The van der Waals surface area contributed by atoms with Gasteiger partial charge < -0.3 is 9.64 Å². The van der Waals surface area contributed by atoms with Crippen molar-refractivity contribution < 1.29 is 13.2 Å². The fourth-order valence-electron chi connectivity index (χ4n) is 3.38. The molecule has 0 aliphatic carbocycles. The summed E-state index contributed by atoms with van der Waals surface area (Å²) >= 11 is 0. The first-order valence-corrected chi connectivity index (χ1v) is 10.5. The highest BCUT2D eigenvalue weighted by atomic mass is 32.2. The van der Waals surface area contributed by atoms with E-state index in [1.807, 2.05) is 37.3 Å². The van der Waals surface area contributed by atoms with Gasteiger partial charge >= 0.3 is 0 Å². The number of rotatable bonds is 4. The number of ether oxygens (including phenoxy) is 1. The Hall–Kier alpha value is -2.71. The molecule has 2 aromatic carbocycles. The maximum atomic E-state index is 13.1.